The average Bonchev–Trinajstić information content (AvgIpc) is 2.12. The van der Waals surface area contributed by atoms with Crippen molar-refractivity contribution in [1.82, 2.24) is 4.90 Å². The second kappa shape index (κ2) is 3.13. The minimum atomic E-state index is 0.0139. The maximum Gasteiger partial charge on any atom is 0.226 e. The molecule has 3 nitrogen and oxygen atoms in total. The number of piperidine rings is 1. The Morgan fingerprint density at radius 1 is 1.23 bits per heavy atom. The Balaban J connectivity index is 2.17. The van der Waals surface area contributed by atoms with Gasteiger partial charge in [-0.2, -0.15) is 0 Å². The van der Waals surface area contributed by atoms with E-state index in [4.69, 9.17) is 0 Å². The monoisotopic (exact) mass is 181 g/mol. The second-order valence-electron chi connectivity index (χ2n) is 4.12. The molecule has 0 spiro atoms. The van der Waals surface area contributed by atoms with Crippen LogP contribution in [0.1, 0.15) is 25.7 Å². The third-order valence-corrected chi connectivity index (χ3v) is 3.31. The SMILES string of the molecule is CN1CC[C@@H]2C(=O)CCC[C@@H]2C1=O. The van der Waals surface area contributed by atoms with Crippen molar-refractivity contribution in [2.45, 2.75) is 25.7 Å². The van der Waals surface area contributed by atoms with Crippen LogP contribution in [0.5, 0.6) is 0 Å². The summed E-state index contributed by atoms with van der Waals surface area (Å²) < 4.78 is 0. The number of carbonyl (C=O) groups excluding carboxylic acids is 2. The lowest BCUT2D eigenvalue weighted by atomic mass is 9.74. The van der Waals surface area contributed by atoms with Gasteiger partial charge in [0.1, 0.15) is 5.78 Å². The van der Waals surface area contributed by atoms with Crippen LogP contribution >= 0.6 is 0 Å². The van der Waals surface area contributed by atoms with Crippen LogP contribution in [0.4, 0.5) is 0 Å². The second-order valence-corrected chi connectivity index (χ2v) is 4.12. The summed E-state index contributed by atoms with van der Waals surface area (Å²) in [5.41, 5.74) is 0. The summed E-state index contributed by atoms with van der Waals surface area (Å²) in [5, 5.41) is 0. The van der Waals surface area contributed by atoms with E-state index in [-0.39, 0.29) is 17.7 Å². The summed E-state index contributed by atoms with van der Waals surface area (Å²) in [7, 11) is 1.83. The van der Waals surface area contributed by atoms with Crippen LogP contribution in [0.3, 0.4) is 0 Å². The van der Waals surface area contributed by atoms with Crippen molar-refractivity contribution >= 4 is 11.7 Å². The van der Waals surface area contributed by atoms with Gasteiger partial charge in [-0.1, -0.05) is 0 Å². The van der Waals surface area contributed by atoms with Crippen molar-refractivity contribution in [1.29, 1.82) is 0 Å². The minimum Gasteiger partial charge on any atom is -0.345 e. The molecular formula is C10H15NO2. The Bertz CT molecular complexity index is 249. The molecule has 13 heavy (non-hydrogen) atoms. The van der Waals surface area contributed by atoms with E-state index in [1.165, 1.54) is 0 Å². The molecule has 2 aliphatic rings. The smallest absolute Gasteiger partial charge is 0.226 e. The van der Waals surface area contributed by atoms with E-state index in [0.717, 1.165) is 25.8 Å². The molecule has 0 unspecified atom stereocenters. The highest BCUT2D eigenvalue weighted by atomic mass is 16.2. The molecule has 0 radical (unpaired) electrons. The number of likely N-dealkylation sites (tertiary alicyclic amines) is 1. The van der Waals surface area contributed by atoms with Crippen LogP contribution < -0.4 is 0 Å². The number of Topliss-reactive ketones (excluding diaryl/α,β-unsaturated/α-hetero) is 1. The van der Waals surface area contributed by atoms with Crippen LogP contribution in [0.2, 0.25) is 0 Å². The number of carbonyl (C=O) groups is 2. The van der Waals surface area contributed by atoms with Crippen molar-refractivity contribution < 1.29 is 9.59 Å². The van der Waals surface area contributed by atoms with Crippen LogP contribution in [0.15, 0.2) is 0 Å². The van der Waals surface area contributed by atoms with E-state index in [0.29, 0.717) is 12.2 Å². The molecule has 2 fully saturated rings. The Morgan fingerprint density at radius 3 is 2.77 bits per heavy atom. The van der Waals surface area contributed by atoms with Gasteiger partial charge in [-0.15, -0.1) is 0 Å². The molecule has 1 aliphatic carbocycles. The molecular weight excluding hydrogens is 166 g/mol. The summed E-state index contributed by atoms with van der Waals surface area (Å²) in [5.74, 6) is 0.569. The Kier molecular flexibility index (Phi) is 2.10. The lowest BCUT2D eigenvalue weighted by Gasteiger charge is -2.37. The van der Waals surface area contributed by atoms with Crippen molar-refractivity contribution in [3.63, 3.8) is 0 Å². The first-order valence-electron chi connectivity index (χ1n) is 4.98. The summed E-state index contributed by atoms with van der Waals surface area (Å²) in [6.07, 6.45) is 3.39. The first-order chi connectivity index (χ1) is 6.20. The van der Waals surface area contributed by atoms with Crippen molar-refractivity contribution in [2.75, 3.05) is 13.6 Å². The van der Waals surface area contributed by atoms with E-state index in [9.17, 15) is 9.59 Å². The van der Waals surface area contributed by atoms with Gasteiger partial charge in [-0.3, -0.25) is 9.59 Å². The maximum atomic E-state index is 11.7. The van der Waals surface area contributed by atoms with Gasteiger partial charge in [-0.25, -0.2) is 0 Å². The van der Waals surface area contributed by atoms with E-state index in [1.807, 2.05) is 7.05 Å². The molecule has 1 heterocycles. The Labute approximate surface area is 78.1 Å². The number of hydrogen-bond acceptors (Lipinski definition) is 2. The fourth-order valence-corrected chi connectivity index (χ4v) is 2.49. The van der Waals surface area contributed by atoms with Gasteiger partial charge in [0.05, 0.1) is 0 Å². The van der Waals surface area contributed by atoms with Gasteiger partial charge >= 0.3 is 0 Å². The number of amides is 1. The first-order valence-corrected chi connectivity index (χ1v) is 4.98. The fraction of sp³-hybridized carbons (Fsp3) is 0.800. The lowest BCUT2D eigenvalue weighted by Crippen LogP contribution is -2.47. The normalized spacial score (nSPS) is 34.7. The zero-order valence-electron chi connectivity index (χ0n) is 7.95. The van der Waals surface area contributed by atoms with Gasteiger partial charge < -0.3 is 4.90 Å². The molecule has 3 heteroatoms. The van der Waals surface area contributed by atoms with Gasteiger partial charge in [0.2, 0.25) is 5.91 Å². The molecule has 0 aromatic carbocycles. The highest BCUT2D eigenvalue weighted by Gasteiger charge is 2.40. The topological polar surface area (TPSA) is 37.4 Å². The maximum absolute atomic E-state index is 11.7. The summed E-state index contributed by atoms with van der Waals surface area (Å²) in [6.45, 7) is 0.756. The van der Waals surface area contributed by atoms with Crippen molar-refractivity contribution in [3.05, 3.63) is 0 Å². The molecule has 1 saturated carbocycles. The van der Waals surface area contributed by atoms with E-state index >= 15 is 0 Å². The molecule has 1 amide bonds. The zero-order valence-corrected chi connectivity index (χ0v) is 7.95. The zero-order chi connectivity index (χ0) is 9.42. The van der Waals surface area contributed by atoms with Gasteiger partial charge in [0.25, 0.3) is 0 Å². The lowest BCUT2D eigenvalue weighted by molar-refractivity contribution is -0.147. The number of fused-ring (bicyclic) bond motifs is 1. The highest BCUT2D eigenvalue weighted by Crippen LogP contribution is 2.34. The van der Waals surface area contributed by atoms with Crippen LogP contribution in [0.25, 0.3) is 0 Å². The van der Waals surface area contributed by atoms with Crippen molar-refractivity contribution in [2.24, 2.45) is 11.8 Å². The van der Waals surface area contributed by atoms with Crippen LogP contribution in [0, 0.1) is 11.8 Å². The van der Waals surface area contributed by atoms with E-state index in [1.54, 1.807) is 4.90 Å². The summed E-state index contributed by atoms with van der Waals surface area (Å²) >= 11 is 0. The van der Waals surface area contributed by atoms with Crippen molar-refractivity contribution in [3.8, 4) is 0 Å². The Hall–Kier alpha value is -0.860. The van der Waals surface area contributed by atoms with Gasteiger partial charge in [0.15, 0.2) is 0 Å². The molecule has 2 rings (SSSR count). The number of nitrogens with zero attached hydrogens (tertiary/aromatic N) is 1. The minimum absolute atomic E-state index is 0.0139. The standard InChI is InChI=1S/C10H15NO2/c1-11-6-5-7-8(10(11)13)3-2-4-9(7)12/h7-8H,2-6H2,1H3/t7-,8-/m0/s1. The predicted molar refractivity (Wildman–Crippen MR) is 48.1 cm³/mol. The molecule has 1 saturated heterocycles. The fourth-order valence-electron chi connectivity index (χ4n) is 2.49. The third kappa shape index (κ3) is 1.36. The third-order valence-electron chi connectivity index (χ3n) is 3.31. The number of ketones is 1. The van der Waals surface area contributed by atoms with E-state index < -0.39 is 0 Å². The van der Waals surface area contributed by atoms with E-state index in [2.05, 4.69) is 0 Å². The van der Waals surface area contributed by atoms with Crippen LogP contribution in [-0.2, 0) is 9.59 Å². The number of hydrogen-bond donors (Lipinski definition) is 0. The predicted octanol–water partition coefficient (Wildman–Crippen LogP) is 0.834. The number of rotatable bonds is 0. The molecule has 1 aliphatic heterocycles. The van der Waals surface area contributed by atoms with Gasteiger partial charge in [-0.05, 0) is 19.3 Å². The van der Waals surface area contributed by atoms with Crippen LogP contribution in [-0.4, -0.2) is 30.2 Å². The van der Waals surface area contributed by atoms with Gasteiger partial charge in [0, 0.05) is 31.8 Å². The molecule has 0 aromatic rings. The molecule has 72 valence electrons. The quantitative estimate of drug-likeness (QED) is 0.555. The highest BCUT2D eigenvalue weighted by molar-refractivity contribution is 5.90. The largest absolute Gasteiger partial charge is 0.345 e. The average molecular weight is 181 g/mol. The molecule has 2 atom stereocenters. The Morgan fingerprint density at radius 2 is 2.00 bits per heavy atom. The molecule has 0 N–H and O–H groups in total. The summed E-state index contributed by atoms with van der Waals surface area (Å²) in [6, 6.07) is 0. The molecule has 0 aromatic heterocycles. The molecule has 0 bridgehead atoms. The summed E-state index contributed by atoms with van der Waals surface area (Å²) in [4.78, 5) is 25.0. The first kappa shape index (κ1) is 8.73.